The van der Waals surface area contributed by atoms with Gasteiger partial charge in [-0.25, -0.2) is 0 Å². The maximum Gasteiger partial charge on any atom is 0.308 e. The standard InChI is InChI=1S/C24H30N2O4/c1-3-26(29-16-8-15-28-18-20-9-5-4-6-10-20)14-13-21-17-25-22-11-7-12-23(24(21)22)30-19(2)27/h4-7,9-12,17,25H,3,8,13-16,18H2,1-2H3. The highest BCUT2D eigenvalue weighted by Crippen LogP contribution is 2.29. The zero-order valence-corrected chi connectivity index (χ0v) is 17.7. The second kappa shape index (κ2) is 11.5. The highest BCUT2D eigenvalue weighted by atomic mass is 16.7. The molecule has 3 rings (SSSR count). The fourth-order valence-electron chi connectivity index (χ4n) is 3.33. The first-order chi connectivity index (χ1) is 14.7. The van der Waals surface area contributed by atoms with Gasteiger partial charge < -0.3 is 14.5 Å². The number of nitrogens with one attached hydrogen (secondary N) is 1. The van der Waals surface area contributed by atoms with Crippen LogP contribution in [0.5, 0.6) is 5.75 Å². The number of H-pyrrole nitrogens is 1. The van der Waals surface area contributed by atoms with Gasteiger partial charge in [-0.05, 0) is 36.1 Å². The van der Waals surface area contributed by atoms with E-state index in [2.05, 4.69) is 24.0 Å². The quantitative estimate of drug-likeness (QED) is 0.206. The van der Waals surface area contributed by atoms with Crippen LogP contribution in [-0.4, -0.2) is 42.3 Å². The van der Waals surface area contributed by atoms with Crippen LogP contribution in [-0.2, 0) is 27.4 Å². The van der Waals surface area contributed by atoms with Crippen molar-refractivity contribution in [3.63, 3.8) is 0 Å². The molecule has 1 aromatic heterocycles. The molecule has 0 atom stereocenters. The Bertz CT molecular complexity index is 923. The van der Waals surface area contributed by atoms with Gasteiger partial charge in [0.05, 0.1) is 13.2 Å². The Balaban J connectivity index is 1.43. The average molecular weight is 411 g/mol. The topological polar surface area (TPSA) is 63.8 Å². The molecule has 0 saturated carbocycles. The third-order valence-corrected chi connectivity index (χ3v) is 4.80. The summed E-state index contributed by atoms with van der Waals surface area (Å²) in [4.78, 5) is 20.6. The molecule has 0 saturated heterocycles. The fraction of sp³-hybridized carbons (Fsp3) is 0.375. The summed E-state index contributed by atoms with van der Waals surface area (Å²) in [5, 5.41) is 2.92. The highest BCUT2D eigenvalue weighted by molar-refractivity contribution is 5.91. The molecule has 2 aromatic carbocycles. The first-order valence-corrected chi connectivity index (χ1v) is 10.4. The van der Waals surface area contributed by atoms with Gasteiger partial charge in [0.1, 0.15) is 5.75 Å². The number of fused-ring (bicyclic) bond motifs is 1. The summed E-state index contributed by atoms with van der Waals surface area (Å²) in [6.07, 6.45) is 3.60. The predicted octanol–water partition coefficient (Wildman–Crippen LogP) is 4.50. The van der Waals surface area contributed by atoms with E-state index in [-0.39, 0.29) is 5.97 Å². The number of likely N-dealkylation sites (N-methyl/N-ethyl adjacent to an activating group) is 1. The van der Waals surface area contributed by atoms with Gasteiger partial charge >= 0.3 is 5.97 Å². The second-order valence-corrected chi connectivity index (χ2v) is 7.08. The van der Waals surface area contributed by atoms with Crippen LogP contribution < -0.4 is 4.74 Å². The Labute approximate surface area is 177 Å². The maximum atomic E-state index is 11.4. The van der Waals surface area contributed by atoms with Crippen molar-refractivity contribution in [2.45, 2.75) is 33.3 Å². The van der Waals surface area contributed by atoms with Crippen molar-refractivity contribution in [2.24, 2.45) is 0 Å². The van der Waals surface area contributed by atoms with Gasteiger partial charge in [0.2, 0.25) is 0 Å². The predicted molar refractivity (Wildman–Crippen MR) is 117 cm³/mol. The summed E-state index contributed by atoms with van der Waals surface area (Å²) in [5.41, 5.74) is 3.25. The smallest absolute Gasteiger partial charge is 0.308 e. The molecule has 0 bridgehead atoms. The molecule has 0 unspecified atom stereocenters. The third-order valence-electron chi connectivity index (χ3n) is 4.80. The molecule has 30 heavy (non-hydrogen) atoms. The molecule has 6 nitrogen and oxygen atoms in total. The van der Waals surface area contributed by atoms with Crippen LogP contribution in [0, 0.1) is 0 Å². The van der Waals surface area contributed by atoms with Crippen molar-refractivity contribution >= 4 is 16.9 Å². The van der Waals surface area contributed by atoms with E-state index in [1.807, 2.05) is 47.7 Å². The highest BCUT2D eigenvalue weighted by Gasteiger charge is 2.12. The Kier molecular flexibility index (Phi) is 8.44. The Morgan fingerprint density at radius 2 is 1.90 bits per heavy atom. The lowest BCUT2D eigenvalue weighted by Crippen LogP contribution is -2.27. The molecule has 1 N–H and O–H groups in total. The number of hydrogen-bond acceptors (Lipinski definition) is 5. The van der Waals surface area contributed by atoms with E-state index in [1.54, 1.807) is 0 Å². The third kappa shape index (κ3) is 6.42. The summed E-state index contributed by atoms with van der Waals surface area (Å²) >= 11 is 0. The largest absolute Gasteiger partial charge is 0.426 e. The SMILES string of the molecule is CCN(CCc1c[nH]c2cccc(OC(C)=O)c12)OCCCOCc1ccccc1. The van der Waals surface area contributed by atoms with Gasteiger partial charge in [-0.3, -0.25) is 9.63 Å². The molecular weight excluding hydrogens is 380 g/mol. The van der Waals surface area contributed by atoms with E-state index < -0.39 is 0 Å². The van der Waals surface area contributed by atoms with Crippen LogP contribution in [0.3, 0.4) is 0 Å². The molecule has 0 aliphatic carbocycles. The van der Waals surface area contributed by atoms with E-state index >= 15 is 0 Å². The van der Waals surface area contributed by atoms with Gasteiger partial charge in [0, 0.05) is 43.7 Å². The number of ether oxygens (including phenoxy) is 2. The van der Waals surface area contributed by atoms with E-state index in [9.17, 15) is 4.79 Å². The number of rotatable bonds is 12. The van der Waals surface area contributed by atoms with E-state index in [4.69, 9.17) is 14.3 Å². The van der Waals surface area contributed by atoms with Crippen molar-refractivity contribution in [2.75, 3.05) is 26.3 Å². The van der Waals surface area contributed by atoms with Gasteiger partial charge in [-0.1, -0.05) is 43.3 Å². The number of aromatic amines is 1. The van der Waals surface area contributed by atoms with Gasteiger partial charge in [-0.2, -0.15) is 5.06 Å². The summed E-state index contributed by atoms with van der Waals surface area (Å²) in [6.45, 7) is 6.96. The number of hydroxylamine groups is 2. The molecule has 0 radical (unpaired) electrons. The molecule has 0 fully saturated rings. The first-order valence-electron chi connectivity index (χ1n) is 10.4. The van der Waals surface area contributed by atoms with Gasteiger partial charge in [0.15, 0.2) is 0 Å². The normalized spacial score (nSPS) is 11.3. The molecule has 0 aliphatic rings. The first kappa shape index (κ1) is 22.0. The Morgan fingerprint density at radius 1 is 1.07 bits per heavy atom. The van der Waals surface area contributed by atoms with Crippen LogP contribution in [0.25, 0.3) is 10.9 Å². The lowest BCUT2D eigenvalue weighted by atomic mass is 10.1. The molecule has 160 valence electrons. The zero-order valence-electron chi connectivity index (χ0n) is 17.7. The molecule has 1 heterocycles. The van der Waals surface area contributed by atoms with Crippen molar-refractivity contribution in [1.82, 2.24) is 10.0 Å². The summed E-state index contributed by atoms with van der Waals surface area (Å²) in [5.74, 6) is 0.276. The lowest BCUT2D eigenvalue weighted by molar-refractivity contribution is -0.158. The number of aromatic nitrogens is 1. The molecule has 0 spiro atoms. The minimum Gasteiger partial charge on any atom is -0.426 e. The van der Waals surface area contributed by atoms with Gasteiger partial charge in [0.25, 0.3) is 0 Å². The van der Waals surface area contributed by atoms with E-state index in [0.29, 0.717) is 25.6 Å². The number of carbonyl (C=O) groups excluding carboxylic acids is 1. The maximum absolute atomic E-state index is 11.4. The van der Waals surface area contributed by atoms with Crippen LogP contribution in [0.15, 0.2) is 54.7 Å². The molecular formula is C24H30N2O4. The average Bonchev–Trinajstić information content (AvgIpc) is 3.17. The second-order valence-electron chi connectivity index (χ2n) is 7.08. The van der Waals surface area contributed by atoms with Crippen LogP contribution in [0.2, 0.25) is 0 Å². The van der Waals surface area contributed by atoms with Crippen LogP contribution in [0.4, 0.5) is 0 Å². The molecule has 6 heteroatoms. The van der Waals surface area contributed by atoms with Crippen LogP contribution >= 0.6 is 0 Å². The summed E-state index contributed by atoms with van der Waals surface area (Å²) in [7, 11) is 0. The minimum atomic E-state index is -0.317. The Hall–Kier alpha value is -2.67. The lowest BCUT2D eigenvalue weighted by Gasteiger charge is -2.20. The number of hydrogen-bond donors (Lipinski definition) is 1. The summed E-state index contributed by atoms with van der Waals surface area (Å²) < 4.78 is 11.1. The monoisotopic (exact) mass is 410 g/mol. The number of esters is 1. The number of benzene rings is 2. The molecule has 3 aromatic rings. The van der Waals surface area contributed by atoms with Crippen molar-refractivity contribution < 1.29 is 19.1 Å². The number of nitrogens with zero attached hydrogens (tertiary/aromatic N) is 1. The molecule has 0 aliphatic heterocycles. The van der Waals surface area contributed by atoms with Gasteiger partial charge in [-0.15, -0.1) is 0 Å². The zero-order chi connectivity index (χ0) is 21.2. The van der Waals surface area contributed by atoms with Crippen molar-refractivity contribution in [3.05, 3.63) is 65.9 Å². The fourth-order valence-corrected chi connectivity index (χ4v) is 3.33. The van der Waals surface area contributed by atoms with Crippen LogP contribution in [0.1, 0.15) is 31.4 Å². The summed E-state index contributed by atoms with van der Waals surface area (Å²) in [6, 6.07) is 15.8. The van der Waals surface area contributed by atoms with E-state index in [0.717, 1.165) is 42.4 Å². The van der Waals surface area contributed by atoms with Crippen molar-refractivity contribution in [3.8, 4) is 5.75 Å². The minimum absolute atomic E-state index is 0.317. The van der Waals surface area contributed by atoms with Crippen molar-refractivity contribution in [1.29, 1.82) is 0 Å². The molecule has 0 amide bonds. The van der Waals surface area contributed by atoms with E-state index in [1.165, 1.54) is 12.5 Å². The Morgan fingerprint density at radius 3 is 2.67 bits per heavy atom. The number of carbonyl (C=O) groups is 1.